The van der Waals surface area contributed by atoms with E-state index in [1.165, 1.54) is 0 Å². The molecule has 1 heterocycles. The van der Waals surface area contributed by atoms with Crippen LogP contribution in [-0.4, -0.2) is 43.7 Å². The first-order chi connectivity index (χ1) is 6.77. The summed E-state index contributed by atoms with van der Waals surface area (Å²) in [7, 11) is 1.73. The van der Waals surface area contributed by atoms with Crippen molar-refractivity contribution in [3.63, 3.8) is 0 Å². The molecule has 0 spiro atoms. The summed E-state index contributed by atoms with van der Waals surface area (Å²) in [6, 6.07) is 0. The number of hydrogen-bond acceptors (Lipinski definition) is 2. The molecule has 1 aliphatic rings. The average molecular weight is 199 g/mol. The maximum atomic E-state index is 5.76. The van der Waals surface area contributed by atoms with E-state index in [-0.39, 0.29) is 0 Å². The molecule has 1 rings (SSSR count). The van der Waals surface area contributed by atoms with Crippen molar-refractivity contribution < 1.29 is 4.74 Å². The molecule has 0 aliphatic carbocycles. The highest BCUT2D eigenvalue weighted by molar-refractivity contribution is 5.78. The van der Waals surface area contributed by atoms with Gasteiger partial charge in [0.05, 0.1) is 6.10 Å². The SMILES string of the molecule is CCCOC1CCCN(C(N)=NC)C1. The van der Waals surface area contributed by atoms with Crippen LogP contribution in [0.1, 0.15) is 26.2 Å². The van der Waals surface area contributed by atoms with Crippen LogP contribution in [0.25, 0.3) is 0 Å². The van der Waals surface area contributed by atoms with E-state index in [1.807, 2.05) is 0 Å². The standard InChI is InChI=1S/C10H21N3O/c1-3-7-14-9-5-4-6-13(8-9)10(11)12-2/h9H,3-8H2,1-2H3,(H2,11,12). The zero-order valence-electron chi connectivity index (χ0n) is 9.20. The number of likely N-dealkylation sites (tertiary alicyclic amines) is 1. The Bertz CT molecular complexity index is 194. The van der Waals surface area contributed by atoms with Crippen molar-refractivity contribution in [2.75, 3.05) is 26.7 Å². The molecule has 1 aliphatic heterocycles. The van der Waals surface area contributed by atoms with Crippen molar-refractivity contribution in [1.29, 1.82) is 0 Å². The van der Waals surface area contributed by atoms with Crippen LogP contribution < -0.4 is 5.73 Å². The Kier molecular flexibility index (Phi) is 4.73. The molecule has 0 bridgehead atoms. The fourth-order valence-electron chi connectivity index (χ4n) is 1.71. The summed E-state index contributed by atoms with van der Waals surface area (Å²) < 4.78 is 5.70. The molecule has 0 aromatic heterocycles. The van der Waals surface area contributed by atoms with Crippen LogP contribution in [0, 0.1) is 0 Å². The van der Waals surface area contributed by atoms with Gasteiger partial charge in [-0.15, -0.1) is 0 Å². The second kappa shape index (κ2) is 5.86. The molecule has 1 atom stereocenters. The monoisotopic (exact) mass is 199 g/mol. The summed E-state index contributed by atoms with van der Waals surface area (Å²) >= 11 is 0. The Hall–Kier alpha value is -0.770. The number of aliphatic imine (C=N–C) groups is 1. The number of nitrogens with zero attached hydrogens (tertiary/aromatic N) is 2. The Balaban J connectivity index is 2.35. The third-order valence-corrected chi connectivity index (χ3v) is 2.49. The summed E-state index contributed by atoms with van der Waals surface area (Å²) in [6.07, 6.45) is 3.70. The minimum atomic E-state index is 0.337. The average Bonchev–Trinajstić information content (AvgIpc) is 2.25. The van der Waals surface area contributed by atoms with Crippen molar-refractivity contribution in [3.05, 3.63) is 0 Å². The van der Waals surface area contributed by atoms with Crippen molar-refractivity contribution in [3.8, 4) is 0 Å². The van der Waals surface area contributed by atoms with Gasteiger partial charge in [-0.25, -0.2) is 0 Å². The molecule has 4 heteroatoms. The van der Waals surface area contributed by atoms with E-state index in [1.54, 1.807) is 7.05 Å². The highest BCUT2D eigenvalue weighted by Gasteiger charge is 2.20. The Labute approximate surface area is 86.1 Å². The van der Waals surface area contributed by atoms with Crippen molar-refractivity contribution >= 4 is 5.96 Å². The van der Waals surface area contributed by atoms with E-state index in [0.717, 1.165) is 39.0 Å². The van der Waals surface area contributed by atoms with E-state index in [9.17, 15) is 0 Å². The zero-order valence-corrected chi connectivity index (χ0v) is 9.20. The molecule has 0 amide bonds. The molecular weight excluding hydrogens is 178 g/mol. The summed E-state index contributed by atoms with van der Waals surface area (Å²) in [5.41, 5.74) is 5.76. The number of ether oxygens (including phenoxy) is 1. The number of guanidine groups is 1. The lowest BCUT2D eigenvalue weighted by Gasteiger charge is -2.33. The number of hydrogen-bond donors (Lipinski definition) is 1. The van der Waals surface area contributed by atoms with Crippen LogP contribution >= 0.6 is 0 Å². The van der Waals surface area contributed by atoms with Crippen molar-refractivity contribution in [2.45, 2.75) is 32.3 Å². The van der Waals surface area contributed by atoms with E-state index < -0.39 is 0 Å². The maximum Gasteiger partial charge on any atom is 0.191 e. The molecule has 2 N–H and O–H groups in total. The lowest BCUT2D eigenvalue weighted by molar-refractivity contribution is 0.0163. The first-order valence-electron chi connectivity index (χ1n) is 5.36. The number of nitrogens with two attached hydrogens (primary N) is 1. The molecule has 1 saturated heterocycles. The Morgan fingerprint density at radius 2 is 2.43 bits per heavy atom. The predicted molar refractivity (Wildman–Crippen MR) is 58.4 cm³/mol. The lowest BCUT2D eigenvalue weighted by atomic mass is 10.1. The van der Waals surface area contributed by atoms with Gasteiger partial charge in [-0.05, 0) is 19.3 Å². The Morgan fingerprint density at radius 3 is 3.07 bits per heavy atom. The van der Waals surface area contributed by atoms with Gasteiger partial charge in [-0.1, -0.05) is 6.92 Å². The van der Waals surface area contributed by atoms with Gasteiger partial charge in [-0.3, -0.25) is 4.99 Å². The number of piperidine rings is 1. The third kappa shape index (κ3) is 3.18. The zero-order chi connectivity index (χ0) is 10.4. The van der Waals surface area contributed by atoms with Crippen molar-refractivity contribution in [2.24, 2.45) is 10.7 Å². The van der Waals surface area contributed by atoms with Crippen LogP contribution in [0.3, 0.4) is 0 Å². The summed E-state index contributed by atoms with van der Waals surface area (Å²) in [5.74, 6) is 0.634. The van der Waals surface area contributed by atoms with Crippen molar-refractivity contribution in [1.82, 2.24) is 4.90 Å². The molecule has 14 heavy (non-hydrogen) atoms. The largest absolute Gasteiger partial charge is 0.376 e. The normalized spacial score (nSPS) is 24.0. The van der Waals surface area contributed by atoms with Gasteiger partial charge in [0, 0.05) is 26.7 Å². The maximum absolute atomic E-state index is 5.76. The first-order valence-corrected chi connectivity index (χ1v) is 5.36. The van der Waals surface area contributed by atoms with Crippen LogP contribution in [0.2, 0.25) is 0 Å². The molecule has 82 valence electrons. The van der Waals surface area contributed by atoms with Gasteiger partial charge in [0.2, 0.25) is 0 Å². The van der Waals surface area contributed by atoms with Crippen LogP contribution in [-0.2, 0) is 4.74 Å². The van der Waals surface area contributed by atoms with Gasteiger partial charge in [0.15, 0.2) is 5.96 Å². The quantitative estimate of drug-likeness (QED) is 0.541. The molecule has 1 fully saturated rings. The minimum absolute atomic E-state index is 0.337. The lowest BCUT2D eigenvalue weighted by Crippen LogP contribution is -2.46. The van der Waals surface area contributed by atoms with Crippen LogP contribution in [0.4, 0.5) is 0 Å². The smallest absolute Gasteiger partial charge is 0.191 e. The van der Waals surface area contributed by atoms with E-state index >= 15 is 0 Å². The van der Waals surface area contributed by atoms with Gasteiger partial charge in [0.1, 0.15) is 0 Å². The summed E-state index contributed by atoms with van der Waals surface area (Å²) in [6.45, 7) is 4.88. The van der Waals surface area contributed by atoms with Crippen LogP contribution in [0.5, 0.6) is 0 Å². The number of rotatable bonds is 3. The van der Waals surface area contributed by atoms with E-state index in [2.05, 4.69) is 16.8 Å². The molecule has 4 nitrogen and oxygen atoms in total. The van der Waals surface area contributed by atoms with E-state index in [0.29, 0.717) is 12.1 Å². The van der Waals surface area contributed by atoms with Crippen LogP contribution in [0.15, 0.2) is 4.99 Å². The van der Waals surface area contributed by atoms with Gasteiger partial charge >= 0.3 is 0 Å². The topological polar surface area (TPSA) is 50.9 Å². The molecule has 1 unspecified atom stereocenters. The molecule has 0 aromatic rings. The fourth-order valence-corrected chi connectivity index (χ4v) is 1.71. The highest BCUT2D eigenvalue weighted by Crippen LogP contribution is 2.12. The summed E-state index contributed by atoms with van der Waals surface area (Å²) in [5, 5.41) is 0. The van der Waals surface area contributed by atoms with Gasteiger partial charge < -0.3 is 15.4 Å². The predicted octanol–water partition coefficient (Wildman–Crippen LogP) is 0.822. The molecule has 0 radical (unpaired) electrons. The highest BCUT2D eigenvalue weighted by atomic mass is 16.5. The minimum Gasteiger partial charge on any atom is -0.376 e. The van der Waals surface area contributed by atoms with E-state index in [4.69, 9.17) is 10.5 Å². The molecular formula is C10H21N3O. The third-order valence-electron chi connectivity index (χ3n) is 2.49. The Morgan fingerprint density at radius 1 is 1.64 bits per heavy atom. The summed E-state index contributed by atoms with van der Waals surface area (Å²) in [4.78, 5) is 6.09. The van der Waals surface area contributed by atoms with Gasteiger partial charge in [0.25, 0.3) is 0 Å². The fraction of sp³-hybridized carbons (Fsp3) is 0.900. The molecule has 0 saturated carbocycles. The second-order valence-electron chi connectivity index (χ2n) is 3.66. The van der Waals surface area contributed by atoms with Gasteiger partial charge in [-0.2, -0.15) is 0 Å². The molecule has 0 aromatic carbocycles. The second-order valence-corrected chi connectivity index (χ2v) is 3.66. The first kappa shape index (κ1) is 11.3.